The van der Waals surface area contributed by atoms with Gasteiger partial charge in [-0.3, -0.25) is 0 Å². The summed E-state index contributed by atoms with van der Waals surface area (Å²) < 4.78 is 0. The van der Waals surface area contributed by atoms with Crippen LogP contribution in [0.25, 0.3) is 0 Å². The molecule has 0 aliphatic rings. The zero-order valence-electron chi connectivity index (χ0n) is 21.4. The predicted molar refractivity (Wildman–Crippen MR) is 166 cm³/mol. The molecule has 7 heteroatoms. The van der Waals surface area contributed by atoms with Gasteiger partial charge in [0, 0.05) is 0 Å². The van der Waals surface area contributed by atoms with Gasteiger partial charge in [-0.25, -0.2) is 0 Å². The first-order valence-corrected chi connectivity index (χ1v) is 24.3. The van der Waals surface area contributed by atoms with Crippen molar-refractivity contribution in [3.05, 3.63) is 116 Å². The van der Waals surface area contributed by atoms with Crippen molar-refractivity contribution >= 4 is 58.7 Å². The molecule has 0 aliphatic heterocycles. The Morgan fingerprint density at radius 2 is 0.686 bits per heavy atom. The Morgan fingerprint density at radius 1 is 0.457 bits per heavy atom. The largest absolute Gasteiger partial charge is 0.670 e. The Hall–Kier alpha value is -0.528. The molecule has 191 valence electrons. The van der Waals surface area contributed by atoms with Gasteiger partial charge < -0.3 is 4.98 Å². The molecule has 0 aliphatic carbocycles. The molecule has 0 amide bonds. The zero-order chi connectivity index (χ0) is 26.3. The molecular formula is C28H37Cl2NP3Re-. The molecule has 35 heavy (non-hydrogen) atoms. The monoisotopic (exact) mass is 737 g/mol. The molecular weight excluding hydrogens is 700 g/mol. The van der Waals surface area contributed by atoms with Crippen LogP contribution in [0, 0.1) is 0 Å². The maximum atomic E-state index is 4.92. The van der Waals surface area contributed by atoms with Gasteiger partial charge in [0.25, 0.3) is 0 Å². The van der Waals surface area contributed by atoms with Crippen LogP contribution in [-0.2, 0) is 15.9 Å². The minimum absolute atomic E-state index is 0.104. The van der Waals surface area contributed by atoms with E-state index >= 15 is 0 Å². The van der Waals surface area contributed by atoms with Crippen molar-refractivity contribution in [1.82, 2.24) is 4.98 Å². The first-order valence-electron chi connectivity index (χ1n) is 10.9. The fraction of sp³-hybridized carbons (Fsp3) is 0.214. The zero-order valence-corrected chi connectivity index (χ0v) is 28.3. The van der Waals surface area contributed by atoms with Crippen LogP contribution < -0.4 is 20.9 Å². The van der Waals surface area contributed by atoms with Crippen LogP contribution in [0.4, 0.5) is 0 Å². The second-order valence-corrected chi connectivity index (χ2v) is 18.4. The molecule has 0 radical (unpaired) electrons. The number of halogens is 2. The number of hydrogen-bond acceptors (Lipinski definition) is 0. The minimum atomic E-state index is -0.722. The Morgan fingerprint density at radius 3 is 0.800 bits per heavy atom. The topological polar surface area (TPSA) is 14.1 Å². The molecule has 4 aromatic rings. The summed E-state index contributed by atoms with van der Waals surface area (Å²) in [7, 11) is 10.1. The molecule has 0 bridgehead atoms. The number of rotatable bonds is 3. The molecule has 1 heterocycles. The van der Waals surface area contributed by atoms with Crippen molar-refractivity contribution in [3.8, 4) is 0 Å². The molecule has 0 atom stereocenters. The van der Waals surface area contributed by atoms with Gasteiger partial charge in [0.05, 0.1) is 0 Å². The first kappa shape index (κ1) is 34.5. The Labute approximate surface area is 233 Å². The summed E-state index contributed by atoms with van der Waals surface area (Å²) in [5.74, 6) is 0. The molecule has 1 nitrogen and oxygen atoms in total. The number of benzene rings is 3. The summed E-state index contributed by atoms with van der Waals surface area (Å²) in [5, 5.41) is 4.44. The summed E-state index contributed by atoms with van der Waals surface area (Å²) in [4.78, 5) is 3.72. The van der Waals surface area contributed by atoms with E-state index in [0.717, 1.165) is 0 Å². The SMILES string of the molecule is CP(C)c1ccccc1.CP(C)c1ccccc1.CP(C)c1ccccc1.[Cl][Re][Cl].c1cc[n-]c1. The summed E-state index contributed by atoms with van der Waals surface area (Å²) in [6.45, 7) is 13.6. The number of hydrogen-bond donors (Lipinski definition) is 0. The van der Waals surface area contributed by atoms with Crippen molar-refractivity contribution in [1.29, 1.82) is 0 Å². The van der Waals surface area contributed by atoms with E-state index in [4.69, 9.17) is 19.1 Å². The van der Waals surface area contributed by atoms with E-state index in [1.165, 1.54) is 15.9 Å². The Balaban J connectivity index is 0.000000431. The van der Waals surface area contributed by atoms with E-state index in [1.54, 1.807) is 12.4 Å². The van der Waals surface area contributed by atoms with Gasteiger partial charge in [0.2, 0.25) is 0 Å². The van der Waals surface area contributed by atoms with Gasteiger partial charge in [-0.05, 0) is 55.9 Å². The molecule has 3 aromatic carbocycles. The third kappa shape index (κ3) is 20.2. The molecule has 0 spiro atoms. The predicted octanol–water partition coefficient (Wildman–Crippen LogP) is 8.18. The van der Waals surface area contributed by atoms with E-state index < -0.39 is 15.9 Å². The van der Waals surface area contributed by atoms with Gasteiger partial charge in [-0.15, -0.1) is 0 Å². The number of nitrogens with zero attached hydrogens (tertiary/aromatic N) is 1. The second-order valence-electron chi connectivity index (χ2n) is 7.58. The van der Waals surface area contributed by atoms with E-state index in [1.807, 2.05) is 12.1 Å². The van der Waals surface area contributed by atoms with Crippen molar-refractivity contribution < 1.29 is 15.9 Å². The summed E-state index contributed by atoms with van der Waals surface area (Å²) in [6.07, 6.45) is 3.50. The van der Waals surface area contributed by atoms with E-state index in [-0.39, 0.29) is 23.8 Å². The molecule has 0 unspecified atom stereocenters. The summed E-state index contributed by atoms with van der Waals surface area (Å²) >= 11 is -0.722. The first-order chi connectivity index (χ1) is 16.8. The molecule has 0 fully saturated rings. The minimum Gasteiger partial charge on any atom is -0.670 e. The molecule has 0 saturated heterocycles. The quantitative estimate of drug-likeness (QED) is 0.194. The molecule has 0 N–H and O–H groups in total. The average Bonchev–Trinajstić information content (AvgIpc) is 3.47. The van der Waals surface area contributed by atoms with E-state index in [2.05, 4.69) is 136 Å². The Kier molecular flexibility index (Phi) is 23.5. The van der Waals surface area contributed by atoms with E-state index in [9.17, 15) is 0 Å². The summed E-state index contributed by atoms with van der Waals surface area (Å²) in [5.41, 5.74) is 0. The standard InChI is InChI=1S/3C8H11P.C4H4N.2ClH.Re/c3*1-9(2)8-6-4-3-5-7-8;1-2-4-5-3-1;;;/h3*3-7H,1-2H3;1-4H;2*1H;/q;;;-1;;;+2/p-2. The number of aromatic nitrogens is 1. The normalized spacial score (nSPS) is 9.46. The van der Waals surface area contributed by atoms with Crippen LogP contribution in [0.1, 0.15) is 0 Å². The summed E-state index contributed by atoms with van der Waals surface area (Å²) in [6, 6.07) is 35.6. The van der Waals surface area contributed by atoms with Gasteiger partial charge in [-0.1, -0.05) is 127 Å². The molecule has 1 aromatic heterocycles. The maximum absolute atomic E-state index is 4.92. The van der Waals surface area contributed by atoms with Crippen LogP contribution in [-0.4, -0.2) is 40.0 Å². The average molecular weight is 738 g/mol. The van der Waals surface area contributed by atoms with Crippen LogP contribution >= 0.6 is 42.8 Å². The van der Waals surface area contributed by atoms with Crippen LogP contribution in [0.3, 0.4) is 0 Å². The Bertz CT molecular complexity index is 804. The van der Waals surface area contributed by atoms with Crippen molar-refractivity contribution in [2.45, 2.75) is 0 Å². The smallest absolute Gasteiger partial charge is 0.0860 e. The van der Waals surface area contributed by atoms with Gasteiger partial charge in [0.1, 0.15) is 0 Å². The van der Waals surface area contributed by atoms with Crippen LogP contribution in [0.5, 0.6) is 0 Å². The van der Waals surface area contributed by atoms with Crippen LogP contribution in [0.2, 0.25) is 0 Å². The molecule has 0 saturated carbocycles. The van der Waals surface area contributed by atoms with Crippen LogP contribution in [0.15, 0.2) is 116 Å². The van der Waals surface area contributed by atoms with Crippen molar-refractivity contribution in [2.24, 2.45) is 0 Å². The third-order valence-corrected chi connectivity index (χ3v) is 8.27. The van der Waals surface area contributed by atoms with Gasteiger partial charge in [-0.2, -0.15) is 12.4 Å². The third-order valence-electron chi connectivity index (χ3n) is 4.27. The second kappa shape index (κ2) is 23.8. The molecule has 4 rings (SSSR count). The van der Waals surface area contributed by atoms with E-state index in [0.29, 0.717) is 0 Å². The fourth-order valence-electron chi connectivity index (χ4n) is 2.43. The fourth-order valence-corrected chi connectivity index (χ4v) is 4.73. The maximum Gasteiger partial charge on any atom is -0.0860 e. The van der Waals surface area contributed by atoms with Crippen molar-refractivity contribution in [2.75, 3.05) is 40.0 Å². The van der Waals surface area contributed by atoms with Crippen molar-refractivity contribution in [3.63, 3.8) is 0 Å². The van der Waals surface area contributed by atoms with Gasteiger partial charge in [0.15, 0.2) is 0 Å². The van der Waals surface area contributed by atoms with Gasteiger partial charge >= 0.3 is 35.0 Å².